The second-order valence-corrected chi connectivity index (χ2v) is 5.76. The average Bonchev–Trinajstić information content (AvgIpc) is 2.45. The van der Waals surface area contributed by atoms with Crippen molar-refractivity contribution in [1.29, 1.82) is 0 Å². The summed E-state index contributed by atoms with van der Waals surface area (Å²) in [6.07, 6.45) is 1.43. The first-order valence-electron chi connectivity index (χ1n) is 5.74. The molecule has 0 heterocycles. The summed E-state index contributed by atoms with van der Waals surface area (Å²) in [6.45, 7) is 0. The normalized spacial score (nSPS) is 10.8. The van der Waals surface area contributed by atoms with Gasteiger partial charge in [0.1, 0.15) is 5.75 Å². The highest BCUT2D eigenvalue weighted by atomic mass is 79.9. The zero-order valence-electron chi connectivity index (χ0n) is 10.5. The Morgan fingerprint density at radius 3 is 2.67 bits per heavy atom. The summed E-state index contributed by atoms with van der Waals surface area (Å²) >= 11 is 14.9. The van der Waals surface area contributed by atoms with Crippen LogP contribution in [0.15, 0.2) is 46.0 Å². The fraction of sp³-hybridized carbons (Fsp3) is 0. The van der Waals surface area contributed by atoms with E-state index in [2.05, 4.69) is 26.5 Å². The Morgan fingerprint density at radius 1 is 1.19 bits per heavy atom. The van der Waals surface area contributed by atoms with Crippen molar-refractivity contribution in [3.8, 4) is 5.75 Å². The summed E-state index contributed by atoms with van der Waals surface area (Å²) in [5.74, 6) is -0.648. The van der Waals surface area contributed by atoms with Gasteiger partial charge < -0.3 is 5.11 Å². The van der Waals surface area contributed by atoms with Gasteiger partial charge in [-0.2, -0.15) is 5.10 Å². The van der Waals surface area contributed by atoms with E-state index in [1.807, 2.05) is 0 Å². The predicted molar refractivity (Wildman–Crippen MR) is 87.3 cm³/mol. The number of rotatable bonds is 3. The fourth-order valence-electron chi connectivity index (χ4n) is 1.51. The standard InChI is InChI=1S/C14H9BrCl2N2O2/c15-9-2-4-13(20)10(6-9)14(21)19-18-7-8-1-3-11(16)12(17)5-8/h1-7,20H,(H,19,21)/b18-7+. The van der Waals surface area contributed by atoms with Gasteiger partial charge in [0.15, 0.2) is 0 Å². The Bertz CT molecular complexity index is 720. The van der Waals surface area contributed by atoms with Crippen molar-refractivity contribution in [2.24, 2.45) is 5.10 Å². The van der Waals surface area contributed by atoms with Gasteiger partial charge in [0.25, 0.3) is 5.91 Å². The van der Waals surface area contributed by atoms with Crippen LogP contribution in [0.2, 0.25) is 10.0 Å². The Balaban J connectivity index is 2.08. The van der Waals surface area contributed by atoms with Crippen LogP contribution < -0.4 is 5.43 Å². The molecule has 0 atom stereocenters. The summed E-state index contributed by atoms with van der Waals surface area (Å²) in [5, 5.41) is 14.3. The summed E-state index contributed by atoms with van der Waals surface area (Å²) in [5.41, 5.74) is 3.13. The minimum atomic E-state index is -0.523. The number of nitrogens with one attached hydrogen (secondary N) is 1. The van der Waals surface area contributed by atoms with E-state index >= 15 is 0 Å². The Kier molecular flexibility index (Phi) is 5.22. The topological polar surface area (TPSA) is 61.7 Å². The molecule has 2 N–H and O–H groups in total. The lowest BCUT2D eigenvalue weighted by atomic mass is 10.2. The molecule has 0 aliphatic rings. The van der Waals surface area contributed by atoms with E-state index in [0.29, 0.717) is 20.1 Å². The van der Waals surface area contributed by atoms with E-state index in [4.69, 9.17) is 23.2 Å². The molecule has 0 aliphatic carbocycles. The molecular weight excluding hydrogens is 379 g/mol. The quantitative estimate of drug-likeness (QED) is 0.611. The summed E-state index contributed by atoms with van der Waals surface area (Å²) < 4.78 is 0.680. The van der Waals surface area contributed by atoms with Crippen LogP contribution in [-0.2, 0) is 0 Å². The summed E-state index contributed by atoms with van der Waals surface area (Å²) in [4.78, 5) is 11.9. The lowest BCUT2D eigenvalue weighted by molar-refractivity contribution is 0.0952. The van der Waals surface area contributed by atoms with Crippen molar-refractivity contribution in [2.75, 3.05) is 0 Å². The van der Waals surface area contributed by atoms with Gasteiger partial charge in [0, 0.05) is 4.47 Å². The molecule has 2 aromatic carbocycles. The van der Waals surface area contributed by atoms with Crippen LogP contribution in [0.4, 0.5) is 0 Å². The smallest absolute Gasteiger partial charge is 0.275 e. The SMILES string of the molecule is O=C(N/N=C/c1ccc(Cl)c(Cl)c1)c1cc(Br)ccc1O. The number of hydrogen-bond acceptors (Lipinski definition) is 3. The highest BCUT2D eigenvalue weighted by Gasteiger charge is 2.10. The number of carbonyl (C=O) groups excluding carboxylic acids is 1. The Morgan fingerprint density at radius 2 is 1.95 bits per heavy atom. The first-order valence-corrected chi connectivity index (χ1v) is 7.29. The number of amides is 1. The van der Waals surface area contributed by atoms with Gasteiger partial charge in [-0.1, -0.05) is 45.2 Å². The molecular formula is C14H9BrCl2N2O2. The minimum absolute atomic E-state index is 0.121. The van der Waals surface area contributed by atoms with E-state index in [1.54, 1.807) is 24.3 Å². The van der Waals surface area contributed by atoms with Gasteiger partial charge in [-0.3, -0.25) is 4.79 Å². The molecule has 0 aromatic heterocycles. The molecule has 2 rings (SSSR count). The van der Waals surface area contributed by atoms with Crippen LogP contribution in [-0.4, -0.2) is 17.2 Å². The maximum absolute atomic E-state index is 11.9. The van der Waals surface area contributed by atoms with Crippen molar-refractivity contribution < 1.29 is 9.90 Å². The van der Waals surface area contributed by atoms with Crippen molar-refractivity contribution in [2.45, 2.75) is 0 Å². The van der Waals surface area contributed by atoms with E-state index in [9.17, 15) is 9.90 Å². The molecule has 4 nitrogen and oxygen atoms in total. The molecule has 0 aliphatic heterocycles. The lowest BCUT2D eigenvalue weighted by Crippen LogP contribution is -2.17. The van der Waals surface area contributed by atoms with Gasteiger partial charge in [0.2, 0.25) is 0 Å². The zero-order valence-corrected chi connectivity index (χ0v) is 13.6. The van der Waals surface area contributed by atoms with Crippen LogP contribution in [0.1, 0.15) is 15.9 Å². The third-order valence-corrected chi connectivity index (χ3v) is 3.76. The van der Waals surface area contributed by atoms with Crippen molar-refractivity contribution in [1.82, 2.24) is 5.43 Å². The van der Waals surface area contributed by atoms with Crippen molar-refractivity contribution >= 4 is 51.3 Å². The largest absolute Gasteiger partial charge is 0.507 e. The molecule has 0 spiro atoms. The summed E-state index contributed by atoms with van der Waals surface area (Å²) in [6, 6.07) is 9.51. The van der Waals surface area contributed by atoms with Gasteiger partial charge in [-0.05, 0) is 35.9 Å². The second-order valence-electron chi connectivity index (χ2n) is 4.03. The molecule has 1 amide bonds. The molecule has 0 radical (unpaired) electrons. The Hall–Kier alpha value is -1.56. The van der Waals surface area contributed by atoms with Crippen molar-refractivity contribution in [3.05, 3.63) is 62.0 Å². The number of phenolic OH excluding ortho intramolecular Hbond substituents is 1. The molecule has 0 saturated carbocycles. The van der Waals surface area contributed by atoms with E-state index < -0.39 is 5.91 Å². The van der Waals surface area contributed by atoms with Crippen LogP contribution >= 0.6 is 39.1 Å². The molecule has 0 bridgehead atoms. The number of nitrogens with zero attached hydrogens (tertiary/aromatic N) is 1. The van der Waals surface area contributed by atoms with Gasteiger partial charge >= 0.3 is 0 Å². The Labute approximate surface area is 139 Å². The first-order chi connectivity index (χ1) is 9.97. The first kappa shape index (κ1) is 15.8. The lowest BCUT2D eigenvalue weighted by Gasteiger charge is -2.03. The number of aromatic hydroxyl groups is 1. The molecule has 0 unspecified atom stereocenters. The maximum atomic E-state index is 11.9. The molecule has 108 valence electrons. The molecule has 7 heteroatoms. The fourth-order valence-corrected chi connectivity index (χ4v) is 2.18. The van der Waals surface area contributed by atoms with Crippen LogP contribution in [0.3, 0.4) is 0 Å². The maximum Gasteiger partial charge on any atom is 0.275 e. The highest BCUT2D eigenvalue weighted by Crippen LogP contribution is 2.22. The van der Waals surface area contributed by atoms with Gasteiger partial charge in [-0.25, -0.2) is 5.43 Å². The summed E-state index contributed by atoms with van der Waals surface area (Å²) in [7, 11) is 0. The third kappa shape index (κ3) is 4.20. The highest BCUT2D eigenvalue weighted by molar-refractivity contribution is 9.10. The number of hydrazone groups is 1. The number of hydrogen-bond donors (Lipinski definition) is 2. The average molecular weight is 388 g/mol. The zero-order chi connectivity index (χ0) is 15.4. The van der Waals surface area contributed by atoms with Gasteiger partial charge in [0.05, 0.1) is 21.8 Å². The van der Waals surface area contributed by atoms with Crippen molar-refractivity contribution in [3.63, 3.8) is 0 Å². The van der Waals surface area contributed by atoms with E-state index in [1.165, 1.54) is 18.3 Å². The number of benzene rings is 2. The van der Waals surface area contributed by atoms with Crippen LogP contribution in [0, 0.1) is 0 Å². The number of phenols is 1. The number of halogens is 3. The van der Waals surface area contributed by atoms with Gasteiger partial charge in [-0.15, -0.1) is 0 Å². The monoisotopic (exact) mass is 386 g/mol. The second kappa shape index (κ2) is 6.93. The van der Waals surface area contributed by atoms with Crippen LogP contribution in [0.5, 0.6) is 5.75 Å². The predicted octanol–water partition coefficient (Wildman–Crippen LogP) is 4.23. The molecule has 0 fully saturated rings. The molecule has 21 heavy (non-hydrogen) atoms. The molecule has 0 saturated heterocycles. The van der Waals surface area contributed by atoms with Crippen LogP contribution in [0.25, 0.3) is 0 Å². The minimum Gasteiger partial charge on any atom is -0.507 e. The third-order valence-electron chi connectivity index (χ3n) is 2.53. The van der Waals surface area contributed by atoms with E-state index in [0.717, 1.165) is 0 Å². The van der Waals surface area contributed by atoms with E-state index in [-0.39, 0.29) is 11.3 Å². The molecule has 2 aromatic rings. The number of carbonyl (C=O) groups is 1.